The second kappa shape index (κ2) is 5.35. The number of hydrogen-bond acceptors (Lipinski definition) is 2. The molecule has 1 saturated carbocycles. The van der Waals surface area contributed by atoms with E-state index in [0.29, 0.717) is 5.92 Å². The van der Waals surface area contributed by atoms with Crippen molar-refractivity contribution in [3.8, 4) is 0 Å². The lowest BCUT2D eigenvalue weighted by atomic mass is 9.79. The second-order valence-electron chi connectivity index (χ2n) is 4.40. The molecule has 1 aliphatic carbocycles. The van der Waals surface area contributed by atoms with Crippen LogP contribution in [0.3, 0.4) is 0 Å². The topological polar surface area (TPSA) is 41.1 Å². The minimum Gasteiger partial charge on any atom is -0.358 e. The van der Waals surface area contributed by atoms with Crippen LogP contribution in [0.1, 0.15) is 32.6 Å². The fourth-order valence-corrected chi connectivity index (χ4v) is 2.36. The summed E-state index contributed by atoms with van der Waals surface area (Å²) >= 11 is 0. The lowest BCUT2D eigenvalue weighted by molar-refractivity contribution is -0.124. The van der Waals surface area contributed by atoms with Gasteiger partial charge in [0.15, 0.2) is 0 Å². The van der Waals surface area contributed by atoms with Gasteiger partial charge in [0.2, 0.25) is 5.91 Å². The lowest BCUT2D eigenvalue weighted by Gasteiger charge is -2.31. The molecule has 82 valence electrons. The first-order valence-electron chi connectivity index (χ1n) is 5.58. The van der Waals surface area contributed by atoms with E-state index >= 15 is 0 Å². The molecule has 14 heavy (non-hydrogen) atoms. The van der Waals surface area contributed by atoms with E-state index < -0.39 is 0 Å². The quantitative estimate of drug-likeness (QED) is 0.714. The molecule has 1 atom stereocenters. The summed E-state index contributed by atoms with van der Waals surface area (Å²) in [6, 6.07) is 0.00694. The largest absolute Gasteiger partial charge is 0.358 e. The highest BCUT2D eigenvalue weighted by Crippen LogP contribution is 2.30. The van der Waals surface area contributed by atoms with Gasteiger partial charge in [-0.3, -0.25) is 4.79 Å². The van der Waals surface area contributed by atoms with Gasteiger partial charge < -0.3 is 10.6 Å². The molecule has 0 aliphatic heterocycles. The number of carbonyl (C=O) groups is 1. The molecule has 1 amide bonds. The van der Waals surface area contributed by atoms with E-state index in [1.165, 1.54) is 25.7 Å². The fourth-order valence-electron chi connectivity index (χ4n) is 2.36. The molecule has 2 N–H and O–H groups in total. The van der Waals surface area contributed by atoms with Gasteiger partial charge in [0.25, 0.3) is 0 Å². The highest BCUT2D eigenvalue weighted by Gasteiger charge is 2.29. The van der Waals surface area contributed by atoms with Crippen LogP contribution in [0, 0.1) is 11.8 Å². The number of hydrogen-bond donors (Lipinski definition) is 2. The van der Waals surface area contributed by atoms with Crippen molar-refractivity contribution in [2.45, 2.75) is 38.6 Å². The van der Waals surface area contributed by atoms with E-state index in [-0.39, 0.29) is 11.9 Å². The molecule has 0 unspecified atom stereocenters. The molecule has 1 aliphatic rings. The fraction of sp³-hybridized carbons (Fsp3) is 0.909. The van der Waals surface area contributed by atoms with Crippen LogP contribution in [0.2, 0.25) is 0 Å². The van der Waals surface area contributed by atoms with Gasteiger partial charge in [0.1, 0.15) is 0 Å². The van der Waals surface area contributed by atoms with Crippen LogP contribution >= 0.6 is 0 Å². The van der Waals surface area contributed by atoms with Crippen molar-refractivity contribution < 1.29 is 4.79 Å². The summed E-state index contributed by atoms with van der Waals surface area (Å²) in [5.41, 5.74) is 0. The van der Waals surface area contributed by atoms with E-state index in [0.717, 1.165) is 5.92 Å². The third kappa shape index (κ3) is 2.71. The first-order valence-corrected chi connectivity index (χ1v) is 5.58. The summed E-state index contributed by atoms with van der Waals surface area (Å²) in [6.07, 6.45) is 4.89. The second-order valence-corrected chi connectivity index (χ2v) is 4.40. The summed E-state index contributed by atoms with van der Waals surface area (Å²) in [4.78, 5) is 11.6. The van der Waals surface area contributed by atoms with Crippen molar-refractivity contribution in [3.63, 3.8) is 0 Å². The Morgan fingerprint density at radius 3 is 2.21 bits per heavy atom. The van der Waals surface area contributed by atoms with Crippen molar-refractivity contribution in [1.29, 1.82) is 0 Å². The molecule has 1 rings (SSSR count). The highest BCUT2D eigenvalue weighted by atomic mass is 16.2. The van der Waals surface area contributed by atoms with Crippen LogP contribution in [0.4, 0.5) is 0 Å². The maximum absolute atomic E-state index is 11.6. The SMILES string of the molecule is CNC(=O)[C@@H](NC)[C@H]1CC[C@H](C)CC1. The Morgan fingerprint density at radius 1 is 1.21 bits per heavy atom. The van der Waals surface area contributed by atoms with Crippen LogP contribution in [0.5, 0.6) is 0 Å². The Bertz CT molecular complexity index is 186. The van der Waals surface area contributed by atoms with Gasteiger partial charge in [-0.05, 0) is 31.7 Å². The summed E-state index contributed by atoms with van der Waals surface area (Å²) in [5.74, 6) is 1.50. The van der Waals surface area contributed by atoms with Crippen molar-refractivity contribution in [3.05, 3.63) is 0 Å². The molecule has 3 heteroatoms. The zero-order valence-corrected chi connectivity index (χ0v) is 9.47. The first kappa shape index (κ1) is 11.5. The van der Waals surface area contributed by atoms with E-state index in [2.05, 4.69) is 17.6 Å². The van der Waals surface area contributed by atoms with Gasteiger partial charge in [-0.15, -0.1) is 0 Å². The smallest absolute Gasteiger partial charge is 0.237 e. The Hall–Kier alpha value is -0.570. The number of carbonyl (C=O) groups excluding carboxylic acids is 1. The zero-order valence-electron chi connectivity index (χ0n) is 9.47. The number of likely N-dealkylation sites (N-methyl/N-ethyl adjacent to an activating group) is 2. The number of nitrogens with one attached hydrogen (secondary N) is 2. The van der Waals surface area contributed by atoms with Gasteiger partial charge in [0, 0.05) is 7.05 Å². The van der Waals surface area contributed by atoms with Crippen molar-refractivity contribution in [2.24, 2.45) is 11.8 Å². The molecule has 1 fully saturated rings. The first-order chi connectivity index (χ1) is 6.69. The average molecular weight is 198 g/mol. The van der Waals surface area contributed by atoms with Gasteiger partial charge in [-0.25, -0.2) is 0 Å². The maximum Gasteiger partial charge on any atom is 0.237 e. The third-order valence-electron chi connectivity index (χ3n) is 3.37. The normalized spacial score (nSPS) is 29.6. The van der Waals surface area contributed by atoms with Crippen LogP contribution in [-0.4, -0.2) is 26.0 Å². The minimum absolute atomic E-state index is 0.00694. The Kier molecular flexibility index (Phi) is 4.39. The molecule has 0 bridgehead atoms. The van der Waals surface area contributed by atoms with E-state index in [1.807, 2.05) is 7.05 Å². The predicted octanol–water partition coefficient (Wildman–Crippen LogP) is 1.15. The lowest BCUT2D eigenvalue weighted by Crippen LogP contribution is -2.47. The Balaban J connectivity index is 2.48. The molecule has 0 aromatic heterocycles. The molecular formula is C11H22N2O. The van der Waals surface area contributed by atoms with Gasteiger partial charge in [-0.1, -0.05) is 19.8 Å². The van der Waals surface area contributed by atoms with Gasteiger partial charge in [-0.2, -0.15) is 0 Å². The summed E-state index contributed by atoms with van der Waals surface area (Å²) in [7, 11) is 3.58. The van der Waals surface area contributed by atoms with Crippen LogP contribution in [0.25, 0.3) is 0 Å². The maximum atomic E-state index is 11.6. The van der Waals surface area contributed by atoms with E-state index in [9.17, 15) is 4.79 Å². The highest BCUT2D eigenvalue weighted by molar-refractivity contribution is 5.81. The van der Waals surface area contributed by atoms with Gasteiger partial charge in [0.05, 0.1) is 6.04 Å². The molecule has 3 nitrogen and oxygen atoms in total. The summed E-state index contributed by atoms with van der Waals surface area (Å²) in [5, 5.41) is 5.85. The summed E-state index contributed by atoms with van der Waals surface area (Å²) in [6.45, 7) is 2.30. The number of amides is 1. The van der Waals surface area contributed by atoms with Crippen molar-refractivity contribution in [1.82, 2.24) is 10.6 Å². The average Bonchev–Trinajstić information content (AvgIpc) is 2.21. The summed E-state index contributed by atoms with van der Waals surface area (Å²) < 4.78 is 0. The van der Waals surface area contributed by atoms with E-state index in [4.69, 9.17) is 0 Å². The van der Waals surface area contributed by atoms with Crippen LogP contribution in [-0.2, 0) is 4.79 Å². The van der Waals surface area contributed by atoms with Crippen molar-refractivity contribution in [2.75, 3.05) is 14.1 Å². The Morgan fingerprint density at radius 2 is 1.79 bits per heavy atom. The molecular weight excluding hydrogens is 176 g/mol. The molecule has 0 saturated heterocycles. The monoisotopic (exact) mass is 198 g/mol. The van der Waals surface area contributed by atoms with Gasteiger partial charge >= 0.3 is 0 Å². The minimum atomic E-state index is 0.00694. The van der Waals surface area contributed by atoms with Crippen LogP contribution in [0.15, 0.2) is 0 Å². The number of rotatable bonds is 3. The standard InChI is InChI=1S/C11H22N2O/c1-8-4-6-9(7-5-8)10(12-2)11(14)13-3/h8-10,12H,4-7H2,1-3H3,(H,13,14)/t8-,9-,10-/m0/s1. The molecule has 0 spiro atoms. The van der Waals surface area contributed by atoms with Crippen LogP contribution < -0.4 is 10.6 Å². The third-order valence-corrected chi connectivity index (χ3v) is 3.37. The zero-order chi connectivity index (χ0) is 10.6. The molecule has 0 heterocycles. The van der Waals surface area contributed by atoms with E-state index in [1.54, 1.807) is 7.05 Å². The molecule has 0 aromatic carbocycles. The molecule has 0 aromatic rings. The predicted molar refractivity (Wildman–Crippen MR) is 58.0 cm³/mol. The Labute approximate surface area is 86.6 Å². The molecule has 0 radical (unpaired) electrons. The van der Waals surface area contributed by atoms with Crippen molar-refractivity contribution >= 4 is 5.91 Å².